The van der Waals surface area contributed by atoms with Gasteiger partial charge in [-0.3, -0.25) is 4.79 Å². The summed E-state index contributed by atoms with van der Waals surface area (Å²) in [5.41, 5.74) is 1.57. The van der Waals surface area contributed by atoms with E-state index in [0.29, 0.717) is 20.3 Å². The molecule has 1 heterocycles. The van der Waals surface area contributed by atoms with Crippen molar-refractivity contribution in [2.75, 3.05) is 0 Å². The van der Waals surface area contributed by atoms with Crippen molar-refractivity contribution >= 4 is 28.5 Å². The van der Waals surface area contributed by atoms with E-state index in [1.807, 2.05) is 22.6 Å². The van der Waals surface area contributed by atoms with Crippen LogP contribution >= 0.6 is 22.6 Å². The van der Waals surface area contributed by atoms with E-state index < -0.39 is 13.0 Å². The van der Waals surface area contributed by atoms with Crippen LogP contribution in [0.25, 0.3) is 0 Å². The fraction of sp³-hybridized carbons (Fsp3) is 0.235. The van der Waals surface area contributed by atoms with Gasteiger partial charge in [-0.2, -0.15) is 8.78 Å². The number of halogens is 6. The summed E-state index contributed by atoms with van der Waals surface area (Å²) in [5, 5.41) is 0. The second-order valence-corrected chi connectivity index (χ2v) is 6.83. The number of rotatable bonds is 5. The summed E-state index contributed by atoms with van der Waals surface area (Å²) in [7, 11) is 0. The van der Waals surface area contributed by atoms with Crippen LogP contribution in [0.3, 0.4) is 0 Å². The lowest BCUT2D eigenvalue weighted by Gasteiger charge is -2.16. The van der Waals surface area contributed by atoms with Gasteiger partial charge in [-0.25, -0.2) is 0 Å². The lowest BCUT2D eigenvalue weighted by molar-refractivity contribution is -0.274. The lowest BCUT2D eigenvalue weighted by Crippen LogP contribution is -2.23. The van der Waals surface area contributed by atoms with Gasteiger partial charge in [0.2, 0.25) is 0 Å². The van der Waals surface area contributed by atoms with E-state index in [1.54, 1.807) is 0 Å². The molecule has 0 bridgehead atoms. The lowest BCUT2D eigenvalue weighted by atomic mass is 10.1. The van der Waals surface area contributed by atoms with Gasteiger partial charge in [-0.05, 0) is 58.0 Å². The molecule has 2 aromatic rings. The number of hydrogen-bond acceptors (Lipinski definition) is 3. The van der Waals surface area contributed by atoms with E-state index in [1.165, 1.54) is 29.2 Å². The van der Waals surface area contributed by atoms with Gasteiger partial charge < -0.3 is 14.4 Å². The molecule has 10 heteroatoms. The second kappa shape index (κ2) is 7.49. The van der Waals surface area contributed by atoms with Crippen molar-refractivity contribution in [2.45, 2.75) is 26.1 Å². The number of carbonyl (C=O) groups is 1. The Kier molecular flexibility index (Phi) is 5.45. The van der Waals surface area contributed by atoms with Gasteiger partial charge >= 0.3 is 13.0 Å². The first-order valence-corrected chi connectivity index (χ1v) is 8.61. The number of hydrogen-bond donors (Lipinski definition) is 0. The molecular formula is C17H11F5INO3. The van der Waals surface area contributed by atoms with E-state index in [-0.39, 0.29) is 30.5 Å². The standard InChI is InChI=1S/C17H11F5INO3/c18-16(19)26-12-5-10-8-24(15(25)14(10)13(23)6-12)7-9-1-3-11(4-2-9)27-17(20,21)22/h1-6,16H,7-8H2. The van der Waals surface area contributed by atoms with Gasteiger partial charge in [0.25, 0.3) is 5.91 Å². The smallest absolute Gasteiger partial charge is 0.435 e. The van der Waals surface area contributed by atoms with E-state index >= 15 is 0 Å². The third-order valence-electron chi connectivity index (χ3n) is 3.76. The van der Waals surface area contributed by atoms with Crippen molar-refractivity contribution in [1.29, 1.82) is 0 Å². The molecule has 0 radical (unpaired) electrons. The van der Waals surface area contributed by atoms with Crippen LogP contribution < -0.4 is 9.47 Å². The van der Waals surface area contributed by atoms with Crippen LogP contribution in [0.5, 0.6) is 11.5 Å². The molecule has 2 aromatic carbocycles. The maximum atomic E-state index is 12.6. The zero-order chi connectivity index (χ0) is 19.8. The maximum absolute atomic E-state index is 12.6. The van der Waals surface area contributed by atoms with E-state index in [2.05, 4.69) is 9.47 Å². The first-order chi connectivity index (χ1) is 12.6. The number of amides is 1. The number of alkyl halides is 5. The Morgan fingerprint density at radius 3 is 2.37 bits per heavy atom. The Hall–Kier alpha value is -2.11. The number of nitrogens with zero attached hydrogens (tertiary/aromatic N) is 1. The first kappa shape index (κ1) is 19.6. The Labute approximate surface area is 164 Å². The van der Waals surface area contributed by atoms with Crippen molar-refractivity contribution in [2.24, 2.45) is 0 Å². The minimum Gasteiger partial charge on any atom is -0.435 e. The van der Waals surface area contributed by atoms with Gasteiger partial charge in [0.1, 0.15) is 11.5 Å². The van der Waals surface area contributed by atoms with Crippen molar-refractivity contribution in [3.8, 4) is 11.5 Å². The minimum absolute atomic E-state index is 0.0311. The zero-order valence-electron chi connectivity index (χ0n) is 13.4. The van der Waals surface area contributed by atoms with Crippen molar-refractivity contribution < 1.29 is 36.2 Å². The molecule has 0 aromatic heterocycles. The minimum atomic E-state index is -4.78. The maximum Gasteiger partial charge on any atom is 0.573 e. The normalized spacial score (nSPS) is 13.9. The summed E-state index contributed by atoms with van der Waals surface area (Å²) in [5.74, 6) is -0.671. The molecule has 0 atom stereocenters. The molecule has 1 aliphatic rings. The molecule has 0 unspecified atom stereocenters. The third-order valence-corrected chi connectivity index (χ3v) is 4.61. The molecule has 0 fully saturated rings. The van der Waals surface area contributed by atoms with Crippen molar-refractivity contribution in [3.05, 3.63) is 56.7 Å². The number of carbonyl (C=O) groups excluding carboxylic acids is 1. The molecule has 0 aliphatic carbocycles. The summed E-state index contributed by atoms with van der Waals surface area (Å²) in [6, 6.07) is 7.92. The molecule has 0 saturated heterocycles. The zero-order valence-corrected chi connectivity index (χ0v) is 15.6. The molecule has 144 valence electrons. The Bertz CT molecular complexity index is 855. The van der Waals surface area contributed by atoms with E-state index in [9.17, 15) is 26.7 Å². The second-order valence-electron chi connectivity index (χ2n) is 5.67. The van der Waals surface area contributed by atoms with Crippen LogP contribution in [0, 0.1) is 3.57 Å². The molecule has 1 amide bonds. The highest BCUT2D eigenvalue weighted by Crippen LogP contribution is 2.33. The Morgan fingerprint density at radius 2 is 1.78 bits per heavy atom. The number of fused-ring (bicyclic) bond motifs is 1. The summed E-state index contributed by atoms with van der Waals surface area (Å²) >= 11 is 1.88. The molecule has 1 aliphatic heterocycles. The van der Waals surface area contributed by atoms with Gasteiger partial charge in [0.05, 0.1) is 5.56 Å². The predicted molar refractivity (Wildman–Crippen MR) is 92.5 cm³/mol. The predicted octanol–water partition coefficient (Wildman–Crippen LogP) is 4.95. The van der Waals surface area contributed by atoms with Gasteiger partial charge in [-0.15, -0.1) is 13.2 Å². The summed E-state index contributed by atoms with van der Waals surface area (Å²) in [4.78, 5) is 14.0. The Morgan fingerprint density at radius 1 is 1.11 bits per heavy atom. The van der Waals surface area contributed by atoms with Crippen LogP contribution in [-0.2, 0) is 13.1 Å². The fourth-order valence-corrected chi connectivity index (χ4v) is 3.64. The average Bonchev–Trinajstić information content (AvgIpc) is 2.83. The van der Waals surface area contributed by atoms with Crippen molar-refractivity contribution in [3.63, 3.8) is 0 Å². The largest absolute Gasteiger partial charge is 0.573 e. The van der Waals surface area contributed by atoms with Gasteiger partial charge in [-0.1, -0.05) is 12.1 Å². The molecule has 27 heavy (non-hydrogen) atoms. The molecular weight excluding hydrogens is 488 g/mol. The monoisotopic (exact) mass is 499 g/mol. The highest BCUT2D eigenvalue weighted by atomic mass is 127. The Balaban J connectivity index is 1.73. The third kappa shape index (κ3) is 4.79. The fourth-order valence-electron chi connectivity index (χ4n) is 2.75. The summed E-state index contributed by atoms with van der Waals surface area (Å²) < 4.78 is 70.0. The number of ether oxygens (including phenoxy) is 2. The first-order valence-electron chi connectivity index (χ1n) is 7.53. The molecule has 0 N–H and O–H groups in total. The van der Waals surface area contributed by atoms with Crippen LogP contribution in [0.2, 0.25) is 0 Å². The topological polar surface area (TPSA) is 38.8 Å². The van der Waals surface area contributed by atoms with E-state index in [4.69, 9.17) is 0 Å². The van der Waals surface area contributed by atoms with Crippen molar-refractivity contribution in [1.82, 2.24) is 4.90 Å². The average molecular weight is 499 g/mol. The van der Waals surface area contributed by atoms with Crippen LogP contribution in [0.1, 0.15) is 21.5 Å². The van der Waals surface area contributed by atoms with Crippen LogP contribution in [-0.4, -0.2) is 23.8 Å². The van der Waals surface area contributed by atoms with E-state index in [0.717, 1.165) is 12.1 Å². The number of benzene rings is 2. The summed E-state index contributed by atoms with van der Waals surface area (Å²) in [6.07, 6.45) is -4.78. The highest BCUT2D eigenvalue weighted by molar-refractivity contribution is 14.1. The van der Waals surface area contributed by atoms with Gasteiger partial charge in [0.15, 0.2) is 0 Å². The quantitative estimate of drug-likeness (QED) is 0.432. The molecule has 0 saturated carbocycles. The highest BCUT2D eigenvalue weighted by Gasteiger charge is 2.32. The SMILES string of the molecule is O=C1c2c(I)cc(OC(F)F)cc2CN1Cc1ccc(OC(F)(F)F)cc1. The molecule has 3 rings (SSSR count). The molecule has 0 spiro atoms. The van der Waals surface area contributed by atoms with Crippen LogP contribution in [0.4, 0.5) is 22.0 Å². The van der Waals surface area contributed by atoms with Crippen LogP contribution in [0.15, 0.2) is 36.4 Å². The summed E-state index contributed by atoms with van der Waals surface area (Å²) in [6.45, 7) is -2.63. The molecule has 4 nitrogen and oxygen atoms in total. The van der Waals surface area contributed by atoms with Gasteiger partial charge in [0, 0.05) is 16.7 Å².